The first kappa shape index (κ1) is 13.3. The predicted octanol–water partition coefficient (Wildman–Crippen LogP) is 1.69. The quantitative estimate of drug-likeness (QED) is 0.866. The van der Waals surface area contributed by atoms with Crippen molar-refractivity contribution in [1.82, 2.24) is 15.3 Å². The van der Waals surface area contributed by atoms with E-state index in [1.165, 1.54) is 43.4 Å². The molecule has 0 amide bonds. The highest BCUT2D eigenvalue weighted by molar-refractivity contribution is 5.56. The smallest absolute Gasteiger partial charge is 0.222 e. The number of likely N-dealkylation sites (N-methyl/N-ethyl adjacent to an activating group) is 1. The zero-order chi connectivity index (χ0) is 14.4. The summed E-state index contributed by atoms with van der Waals surface area (Å²) in [6, 6.07) is 0.586. The number of hydrogen-bond donors (Lipinski definition) is 2. The largest absolute Gasteiger partial charge is 0.368 e. The van der Waals surface area contributed by atoms with Gasteiger partial charge in [-0.15, -0.1) is 0 Å². The third kappa shape index (κ3) is 2.18. The summed E-state index contributed by atoms with van der Waals surface area (Å²) in [6.07, 6.45) is 7.82. The van der Waals surface area contributed by atoms with Crippen LogP contribution in [0.2, 0.25) is 0 Å². The van der Waals surface area contributed by atoms with Gasteiger partial charge in [-0.3, -0.25) is 0 Å². The summed E-state index contributed by atoms with van der Waals surface area (Å²) in [5.41, 5.74) is 8.69. The van der Waals surface area contributed by atoms with E-state index in [9.17, 15) is 0 Å². The van der Waals surface area contributed by atoms with Gasteiger partial charge in [-0.1, -0.05) is 12.8 Å². The van der Waals surface area contributed by atoms with Gasteiger partial charge >= 0.3 is 0 Å². The maximum Gasteiger partial charge on any atom is 0.222 e. The first-order chi connectivity index (χ1) is 10.3. The minimum Gasteiger partial charge on any atom is -0.368 e. The Hall–Kier alpha value is -1.36. The van der Waals surface area contributed by atoms with Crippen molar-refractivity contribution in [2.75, 3.05) is 30.8 Å². The van der Waals surface area contributed by atoms with E-state index in [1.807, 2.05) is 7.05 Å². The molecule has 1 aliphatic heterocycles. The molecule has 1 saturated heterocycles. The topological polar surface area (TPSA) is 67.1 Å². The van der Waals surface area contributed by atoms with E-state index in [4.69, 9.17) is 5.73 Å². The number of hydrogen-bond acceptors (Lipinski definition) is 5. The molecule has 4 rings (SSSR count). The van der Waals surface area contributed by atoms with Crippen molar-refractivity contribution >= 4 is 11.8 Å². The highest BCUT2D eigenvalue weighted by Crippen LogP contribution is 2.46. The zero-order valence-electron chi connectivity index (χ0n) is 12.8. The van der Waals surface area contributed by atoms with Crippen LogP contribution in [0.4, 0.5) is 11.8 Å². The molecule has 114 valence electrons. The standard InChI is InChI=1S/C16H25N5/c1-18-11-8-21(9-11)15-13-7-6-10-4-2-3-5-12(10)14(13)19-16(17)20-15/h10-12,18H,2-9H2,1H3,(H2,17,19,20)/t10-,12-/m1/s1. The molecule has 5 nitrogen and oxygen atoms in total. The summed E-state index contributed by atoms with van der Waals surface area (Å²) in [7, 11) is 2.03. The number of rotatable bonds is 2. The van der Waals surface area contributed by atoms with Gasteiger partial charge in [0.15, 0.2) is 0 Å². The lowest BCUT2D eigenvalue weighted by molar-refractivity contribution is 0.270. The Labute approximate surface area is 126 Å². The van der Waals surface area contributed by atoms with Crippen LogP contribution < -0.4 is 16.0 Å². The molecule has 0 bridgehead atoms. The highest BCUT2D eigenvalue weighted by atomic mass is 15.3. The van der Waals surface area contributed by atoms with Crippen LogP contribution in [0.5, 0.6) is 0 Å². The SMILES string of the molecule is CNC1CN(c2nc(N)nc3c2CC[C@H]2CCCC[C@@H]32)C1. The van der Waals surface area contributed by atoms with Gasteiger partial charge < -0.3 is 16.0 Å². The molecule has 2 fully saturated rings. The molecule has 3 aliphatic rings. The Balaban J connectivity index is 1.68. The summed E-state index contributed by atoms with van der Waals surface area (Å²) in [6.45, 7) is 2.07. The van der Waals surface area contributed by atoms with Crippen LogP contribution in [0.1, 0.15) is 49.3 Å². The maximum atomic E-state index is 6.02. The fourth-order valence-corrected chi connectivity index (χ4v) is 4.39. The van der Waals surface area contributed by atoms with E-state index in [2.05, 4.69) is 20.2 Å². The monoisotopic (exact) mass is 287 g/mol. The molecule has 1 aromatic rings. The van der Waals surface area contributed by atoms with Gasteiger partial charge in [0.05, 0.1) is 5.69 Å². The van der Waals surface area contributed by atoms with Gasteiger partial charge in [-0.2, -0.15) is 4.98 Å². The minimum absolute atomic E-state index is 0.461. The van der Waals surface area contributed by atoms with Crippen molar-refractivity contribution in [2.24, 2.45) is 5.92 Å². The fraction of sp³-hybridized carbons (Fsp3) is 0.750. The molecule has 2 heterocycles. The normalized spacial score (nSPS) is 28.7. The summed E-state index contributed by atoms with van der Waals surface area (Å²) in [5, 5.41) is 3.32. The van der Waals surface area contributed by atoms with Crippen LogP contribution >= 0.6 is 0 Å². The van der Waals surface area contributed by atoms with Crippen molar-refractivity contribution < 1.29 is 0 Å². The van der Waals surface area contributed by atoms with Gasteiger partial charge in [0.25, 0.3) is 0 Å². The van der Waals surface area contributed by atoms with E-state index in [0.29, 0.717) is 17.9 Å². The molecule has 1 saturated carbocycles. The van der Waals surface area contributed by atoms with Crippen LogP contribution in [0.3, 0.4) is 0 Å². The molecule has 0 unspecified atom stereocenters. The van der Waals surface area contributed by atoms with Crippen molar-refractivity contribution in [3.05, 3.63) is 11.3 Å². The molecule has 2 aliphatic carbocycles. The Morgan fingerprint density at radius 3 is 2.76 bits per heavy atom. The average Bonchev–Trinajstić information content (AvgIpc) is 2.46. The summed E-state index contributed by atoms with van der Waals surface area (Å²) >= 11 is 0. The first-order valence-electron chi connectivity index (χ1n) is 8.34. The molecule has 0 aromatic carbocycles. The molecule has 3 N–H and O–H groups in total. The van der Waals surface area contributed by atoms with E-state index >= 15 is 0 Å². The van der Waals surface area contributed by atoms with Gasteiger partial charge in [-0.25, -0.2) is 4.98 Å². The lowest BCUT2D eigenvalue weighted by Gasteiger charge is -2.43. The second-order valence-corrected chi connectivity index (χ2v) is 6.85. The van der Waals surface area contributed by atoms with Crippen molar-refractivity contribution in [1.29, 1.82) is 0 Å². The number of nitrogens with two attached hydrogens (primary N) is 1. The summed E-state index contributed by atoms with van der Waals surface area (Å²) in [5.74, 6) is 3.04. The van der Waals surface area contributed by atoms with Crippen molar-refractivity contribution in [3.63, 3.8) is 0 Å². The number of aromatic nitrogens is 2. The van der Waals surface area contributed by atoms with E-state index in [0.717, 1.165) is 31.2 Å². The number of nitrogens with one attached hydrogen (secondary N) is 1. The summed E-state index contributed by atoms with van der Waals surface area (Å²) in [4.78, 5) is 11.6. The zero-order valence-corrected chi connectivity index (χ0v) is 12.8. The van der Waals surface area contributed by atoms with E-state index in [1.54, 1.807) is 0 Å². The molecule has 2 atom stereocenters. The van der Waals surface area contributed by atoms with Crippen molar-refractivity contribution in [2.45, 2.75) is 50.5 Å². The minimum atomic E-state index is 0.461. The average molecular weight is 287 g/mol. The Morgan fingerprint density at radius 1 is 1.14 bits per heavy atom. The van der Waals surface area contributed by atoms with E-state index in [-0.39, 0.29) is 0 Å². The number of nitrogens with zero attached hydrogens (tertiary/aromatic N) is 3. The predicted molar refractivity (Wildman–Crippen MR) is 84.5 cm³/mol. The lowest BCUT2D eigenvalue weighted by atomic mass is 9.70. The Morgan fingerprint density at radius 2 is 1.95 bits per heavy atom. The summed E-state index contributed by atoms with van der Waals surface area (Å²) < 4.78 is 0. The number of nitrogen functional groups attached to an aromatic ring is 1. The second-order valence-electron chi connectivity index (χ2n) is 6.85. The maximum absolute atomic E-state index is 6.02. The third-order valence-corrected chi connectivity index (χ3v) is 5.65. The third-order valence-electron chi connectivity index (χ3n) is 5.65. The van der Waals surface area contributed by atoms with E-state index < -0.39 is 0 Å². The van der Waals surface area contributed by atoms with Gasteiger partial charge in [0, 0.05) is 30.6 Å². The van der Waals surface area contributed by atoms with Gasteiger partial charge in [-0.05, 0) is 38.6 Å². The number of fused-ring (bicyclic) bond motifs is 3. The second kappa shape index (κ2) is 5.13. The van der Waals surface area contributed by atoms with Crippen LogP contribution in [-0.2, 0) is 6.42 Å². The number of anilines is 2. The molecular formula is C16H25N5. The van der Waals surface area contributed by atoms with Crippen LogP contribution in [0, 0.1) is 5.92 Å². The van der Waals surface area contributed by atoms with Crippen LogP contribution in [-0.4, -0.2) is 36.1 Å². The molecule has 0 radical (unpaired) electrons. The first-order valence-corrected chi connectivity index (χ1v) is 8.34. The van der Waals surface area contributed by atoms with Crippen LogP contribution in [0.25, 0.3) is 0 Å². The molecular weight excluding hydrogens is 262 g/mol. The molecule has 0 spiro atoms. The van der Waals surface area contributed by atoms with Crippen LogP contribution in [0.15, 0.2) is 0 Å². The highest BCUT2D eigenvalue weighted by Gasteiger charge is 2.37. The molecule has 1 aromatic heterocycles. The molecule has 5 heteroatoms. The molecule has 21 heavy (non-hydrogen) atoms. The Kier molecular flexibility index (Phi) is 3.25. The van der Waals surface area contributed by atoms with Gasteiger partial charge in [0.2, 0.25) is 5.95 Å². The lowest BCUT2D eigenvalue weighted by Crippen LogP contribution is -2.57. The van der Waals surface area contributed by atoms with Crippen molar-refractivity contribution in [3.8, 4) is 0 Å². The Bertz CT molecular complexity index is 538. The van der Waals surface area contributed by atoms with Gasteiger partial charge in [0.1, 0.15) is 5.82 Å². The fourth-order valence-electron chi connectivity index (χ4n) is 4.39.